The van der Waals surface area contributed by atoms with Gasteiger partial charge in [0.2, 0.25) is 5.78 Å². The summed E-state index contributed by atoms with van der Waals surface area (Å²) in [4.78, 5) is 18.0. The number of aromatic nitrogens is 3. The summed E-state index contributed by atoms with van der Waals surface area (Å²) in [5, 5.41) is 0. The van der Waals surface area contributed by atoms with Crippen LogP contribution in [0.1, 0.15) is 5.69 Å². The maximum atomic E-state index is 11.1. The van der Waals surface area contributed by atoms with Crippen LogP contribution < -0.4 is 5.56 Å². The molecule has 4 nitrogen and oxygen atoms in total. The van der Waals surface area contributed by atoms with Gasteiger partial charge in [-0.25, -0.2) is 4.98 Å². The summed E-state index contributed by atoms with van der Waals surface area (Å²) < 4.78 is 1.48. The average molecular weight is 149 g/mol. The molecule has 0 saturated carbocycles. The van der Waals surface area contributed by atoms with E-state index in [0.717, 1.165) is 5.69 Å². The van der Waals surface area contributed by atoms with Crippen LogP contribution in [0.3, 0.4) is 0 Å². The number of fused-ring (bicyclic) bond motifs is 1. The van der Waals surface area contributed by atoms with Crippen molar-refractivity contribution in [2.75, 3.05) is 0 Å². The Labute approximate surface area is 62.5 Å². The van der Waals surface area contributed by atoms with Gasteiger partial charge in [-0.1, -0.05) is 0 Å². The maximum Gasteiger partial charge on any atom is 0.258 e. The fraction of sp³-hybridized carbons (Fsp3) is 0.143. The minimum Gasteiger partial charge on any atom is -0.328 e. The second kappa shape index (κ2) is 1.95. The van der Waals surface area contributed by atoms with Crippen LogP contribution in [-0.4, -0.2) is 14.4 Å². The van der Waals surface area contributed by atoms with Gasteiger partial charge in [0.1, 0.15) is 0 Å². The highest BCUT2D eigenvalue weighted by atomic mass is 16.1. The van der Waals surface area contributed by atoms with Gasteiger partial charge >= 0.3 is 0 Å². The molecule has 2 aromatic rings. The minimum absolute atomic E-state index is 0.0562. The molecule has 11 heavy (non-hydrogen) atoms. The molecule has 0 amide bonds. The van der Waals surface area contributed by atoms with E-state index in [1.807, 2.05) is 6.92 Å². The predicted molar refractivity (Wildman–Crippen MR) is 40.5 cm³/mol. The molecule has 0 aliphatic carbocycles. The van der Waals surface area contributed by atoms with Gasteiger partial charge in [-0.05, 0) is 6.92 Å². The Bertz CT molecular complexity index is 440. The van der Waals surface area contributed by atoms with Crippen LogP contribution in [0.4, 0.5) is 0 Å². The van der Waals surface area contributed by atoms with Gasteiger partial charge in [0, 0.05) is 24.2 Å². The predicted octanol–water partition coefficient (Wildman–Crippen LogP) is 0.331. The monoisotopic (exact) mass is 149 g/mol. The third-order valence-corrected chi connectivity index (χ3v) is 1.51. The van der Waals surface area contributed by atoms with Crippen molar-refractivity contribution < 1.29 is 0 Å². The van der Waals surface area contributed by atoms with E-state index in [9.17, 15) is 4.79 Å². The molecule has 0 unspecified atom stereocenters. The third kappa shape index (κ3) is 0.832. The Morgan fingerprint density at radius 2 is 2.45 bits per heavy atom. The number of imidazole rings is 1. The maximum absolute atomic E-state index is 11.1. The van der Waals surface area contributed by atoms with Gasteiger partial charge in [0.05, 0.1) is 0 Å². The van der Waals surface area contributed by atoms with Gasteiger partial charge < -0.3 is 4.98 Å². The molecule has 0 atom stereocenters. The largest absolute Gasteiger partial charge is 0.328 e. The van der Waals surface area contributed by atoms with Crippen LogP contribution in [0.15, 0.2) is 23.3 Å². The number of nitrogens with one attached hydrogen (secondary N) is 1. The number of aryl methyl sites for hydroxylation is 1. The van der Waals surface area contributed by atoms with Crippen LogP contribution in [0.2, 0.25) is 0 Å². The van der Waals surface area contributed by atoms with Crippen LogP contribution in [-0.2, 0) is 0 Å². The standard InChI is InChI=1S/C7H7N3O/c1-5-4-10-6(11)2-3-8-7(10)9-5/h2-4H,1H3,(H,8,9). The lowest BCUT2D eigenvalue weighted by atomic mass is 10.6. The first-order chi connectivity index (χ1) is 5.27. The molecular formula is C7H7N3O. The Kier molecular flexibility index (Phi) is 1.09. The Balaban J connectivity index is 3.02. The summed E-state index contributed by atoms with van der Waals surface area (Å²) in [6.07, 6.45) is 3.22. The lowest BCUT2D eigenvalue weighted by molar-refractivity contribution is 1.05. The zero-order chi connectivity index (χ0) is 7.84. The minimum atomic E-state index is -0.0562. The summed E-state index contributed by atoms with van der Waals surface area (Å²) in [7, 11) is 0. The molecule has 56 valence electrons. The summed E-state index contributed by atoms with van der Waals surface area (Å²) >= 11 is 0. The molecule has 0 radical (unpaired) electrons. The SMILES string of the molecule is Cc1cn2c(=O)ccnc2[nH]1. The van der Waals surface area contributed by atoms with E-state index in [1.165, 1.54) is 16.7 Å². The van der Waals surface area contributed by atoms with Crippen molar-refractivity contribution >= 4 is 5.78 Å². The first kappa shape index (κ1) is 6.15. The highest BCUT2D eigenvalue weighted by Gasteiger charge is 1.96. The van der Waals surface area contributed by atoms with Crippen molar-refractivity contribution in [2.24, 2.45) is 0 Å². The van der Waals surface area contributed by atoms with Gasteiger partial charge in [0.25, 0.3) is 5.56 Å². The van der Waals surface area contributed by atoms with Crippen LogP contribution >= 0.6 is 0 Å². The number of rotatable bonds is 0. The van der Waals surface area contributed by atoms with E-state index < -0.39 is 0 Å². The van der Waals surface area contributed by atoms with E-state index in [4.69, 9.17) is 0 Å². The summed E-state index contributed by atoms with van der Waals surface area (Å²) in [5.41, 5.74) is 0.875. The molecule has 0 spiro atoms. The fourth-order valence-electron chi connectivity index (χ4n) is 1.04. The Morgan fingerprint density at radius 3 is 3.18 bits per heavy atom. The summed E-state index contributed by atoms with van der Waals surface area (Å²) in [6, 6.07) is 1.43. The number of aromatic amines is 1. The van der Waals surface area contributed by atoms with Crippen LogP contribution in [0.5, 0.6) is 0 Å². The van der Waals surface area contributed by atoms with Crippen LogP contribution in [0, 0.1) is 6.92 Å². The van der Waals surface area contributed by atoms with E-state index in [1.54, 1.807) is 6.20 Å². The van der Waals surface area contributed by atoms with E-state index >= 15 is 0 Å². The molecule has 1 N–H and O–H groups in total. The Hall–Kier alpha value is -1.58. The van der Waals surface area contributed by atoms with Crippen molar-refractivity contribution in [3.63, 3.8) is 0 Å². The zero-order valence-corrected chi connectivity index (χ0v) is 6.03. The number of hydrogen-bond donors (Lipinski definition) is 1. The zero-order valence-electron chi connectivity index (χ0n) is 6.03. The lowest BCUT2D eigenvalue weighted by Crippen LogP contribution is -2.09. The molecule has 2 heterocycles. The quantitative estimate of drug-likeness (QED) is 0.586. The van der Waals surface area contributed by atoms with Crippen molar-refractivity contribution in [3.05, 3.63) is 34.5 Å². The molecule has 0 aliphatic heterocycles. The first-order valence-electron chi connectivity index (χ1n) is 3.30. The molecule has 2 aromatic heterocycles. The van der Waals surface area contributed by atoms with Crippen molar-refractivity contribution in [2.45, 2.75) is 6.92 Å². The molecule has 0 aliphatic rings. The van der Waals surface area contributed by atoms with Crippen molar-refractivity contribution in [1.29, 1.82) is 0 Å². The van der Waals surface area contributed by atoms with Crippen molar-refractivity contribution in [1.82, 2.24) is 14.4 Å². The molecule has 0 saturated heterocycles. The summed E-state index contributed by atoms with van der Waals surface area (Å²) in [6.45, 7) is 1.88. The average Bonchev–Trinajstić information content (AvgIpc) is 2.31. The van der Waals surface area contributed by atoms with Gasteiger partial charge in [-0.2, -0.15) is 0 Å². The van der Waals surface area contributed by atoms with E-state index in [-0.39, 0.29) is 5.56 Å². The second-order valence-corrected chi connectivity index (χ2v) is 2.41. The molecular weight excluding hydrogens is 142 g/mol. The van der Waals surface area contributed by atoms with Crippen molar-refractivity contribution in [3.8, 4) is 0 Å². The smallest absolute Gasteiger partial charge is 0.258 e. The van der Waals surface area contributed by atoms with Gasteiger partial charge in [0.15, 0.2) is 0 Å². The second-order valence-electron chi connectivity index (χ2n) is 2.41. The number of hydrogen-bond acceptors (Lipinski definition) is 2. The first-order valence-corrected chi connectivity index (χ1v) is 3.30. The summed E-state index contributed by atoms with van der Waals surface area (Å²) in [5.74, 6) is 0.593. The highest BCUT2D eigenvalue weighted by Crippen LogP contribution is 1.95. The molecule has 0 bridgehead atoms. The number of H-pyrrole nitrogens is 1. The topological polar surface area (TPSA) is 50.2 Å². The van der Waals surface area contributed by atoms with Crippen LogP contribution in [0.25, 0.3) is 5.78 Å². The molecule has 0 aromatic carbocycles. The lowest BCUT2D eigenvalue weighted by Gasteiger charge is -1.85. The van der Waals surface area contributed by atoms with Gasteiger partial charge in [-0.3, -0.25) is 9.20 Å². The normalized spacial score (nSPS) is 10.6. The van der Waals surface area contributed by atoms with Gasteiger partial charge in [-0.15, -0.1) is 0 Å². The molecule has 4 heteroatoms. The highest BCUT2D eigenvalue weighted by molar-refractivity contribution is 5.28. The number of nitrogens with zero attached hydrogens (tertiary/aromatic N) is 2. The molecule has 2 rings (SSSR count). The van der Waals surface area contributed by atoms with E-state index in [0.29, 0.717) is 5.78 Å². The van der Waals surface area contributed by atoms with E-state index in [2.05, 4.69) is 9.97 Å². The Morgan fingerprint density at radius 1 is 1.64 bits per heavy atom. The third-order valence-electron chi connectivity index (χ3n) is 1.51. The molecule has 0 fully saturated rings. The fourth-order valence-corrected chi connectivity index (χ4v) is 1.04.